The Kier molecular flexibility index (Phi) is 3.99. The van der Waals surface area contributed by atoms with Gasteiger partial charge in [-0.05, 0) is 43.6 Å². The van der Waals surface area contributed by atoms with Crippen LogP contribution in [0.1, 0.15) is 23.2 Å². The van der Waals surface area contributed by atoms with Crippen molar-refractivity contribution in [3.8, 4) is 11.5 Å². The molecule has 0 spiro atoms. The van der Waals surface area contributed by atoms with E-state index in [1.54, 1.807) is 29.1 Å². The quantitative estimate of drug-likeness (QED) is 0.533. The summed E-state index contributed by atoms with van der Waals surface area (Å²) in [5, 5.41) is 20.0. The molecule has 6 nitrogen and oxygen atoms in total. The van der Waals surface area contributed by atoms with E-state index in [0.29, 0.717) is 20.6 Å². The Balaban J connectivity index is 1.75. The lowest BCUT2D eigenvalue weighted by molar-refractivity contribution is 0.844. The highest BCUT2D eigenvalue weighted by atomic mass is 35.5. The van der Waals surface area contributed by atoms with Crippen molar-refractivity contribution in [1.82, 2.24) is 25.1 Å². The van der Waals surface area contributed by atoms with Crippen LogP contribution < -0.4 is 0 Å². The maximum atomic E-state index is 6.17. The number of aryl methyl sites for hydroxylation is 1. The van der Waals surface area contributed by atoms with Crippen molar-refractivity contribution < 1.29 is 0 Å². The Morgan fingerprint density at radius 2 is 2.08 bits per heavy atom. The first kappa shape index (κ1) is 15.6. The molecule has 2 heterocycles. The van der Waals surface area contributed by atoms with Gasteiger partial charge < -0.3 is 0 Å². The highest BCUT2D eigenvalue weighted by Gasteiger charge is 2.23. The van der Waals surface area contributed by atoms with E-state index < -0.39 is 0 Å². The zero-order chi connectivity index (χ0) is 16.7. The summed E-state index contributed by atoms with van der Waals surface area (Å²) in [4.78, 5) is 0. The van der Waals surface area contributed by atoms with Gasteiger partial charge in [0.1, 0.15) is 5.69 Å². The van der Waals surface area contributed by atoms with Gasteiger partial charge in [-0.1, -0.05) is 29.3 Å². The first-order valence-corrected chi connectivity index (χ1v) is 8.53. The molecular formula is C15H12Cl2N6S. The molecule has 0 amide bonds. The third-order valence-corrected chi connectivity index (χ3v) is 4.77. The van der Waals surface area contributed by atoms with Crippen molar-refractivity contribution in [2.45, 2.75) is 19.3 Å². The van der Waals surface area contributed by atoms with Crippen LogP contribution in [0, 0.1) is 4.77 Å². The van der Waals surface area contributed by atoms with Gasteiger partial charge in [0.05, 0.1) is 11.2 Å². The molecule has 4 rings (SSSR count). The minimum absolute atomic E-state index is 0.390. The van der Waals surface area contributed by atoms with Crippen LogP contribution in [0.25, 0.3) is 11.5 Å². The molecule has 9 heteroatoms. The number of fused-ring (bicyclic) bond motifs is 1. The normalized spacial score (nSPS) is 13.8. The zero-order valence-electron chi connectivity index (χ0n) is 12.4. The number of H-pyrrole nitrogens is 2. The number of benzene rings is 1. The molecule has 1 aliphatic carbocycles. The van der Waals surface area contributed by atoms with Gasteiger partial charge >= 0.3 is 0 Å². The summed E-state index contributed by atoms with van der Waals surface area (Å²) in [6.07, 6.45) is 4.73. The molecule has 0 saturated heterocycles. The van der Waals surface area contributed by atoms with Crippen molar-refractivity contribution in [3.63, 3.8) is 0 Å². The maximum absolute atomic E-state index is 6.17. The maximum Gasteiger partial charge on any atom is 0.216 e. The molecule has 1 aromatic carbocycles. The lowest BCUT2D eigenvalue weighted by Gasteiger charge is -2.01. The van der Waals surface area contributed by atoms with E-state index in [1.165, 1.54) is 5.56 Å². The third-order valence-electron chi connectivity index (χ3n) is 3.94. The predicted octanol–water partition coefficient (Wildman–Crippen LogP) is 4.01. The summed E-state index contributed by atoms with van der Waals surface area (Å²) in [6.45, 7) is 0. The van der Waals surface area contributed by atoms with Crippen molar-refractivity contribution in [1.29, 1.82) is 0 Å². The third kappa shape index (κ3) is 2.68. The van der Waals surface area contributed by atoms with Gasteiger partial charge in [0.15, 0.2) is 0 Å². The van der Waals surface area contributed by atoms with Gasteiger partial charge in [-0.25, -0.2) is 5.10 Å². The monoisotopic (exact) mass is 378 g/mol. The Bertz CT molecular complexity index is 1000. The van der Waals surface area contributed by atoms with E-state index >= 15 is 0 Å². The smallest absolute Gasteiger partial charge is 0.216 e. The molecule has 0 aliphatic heterocycles. The molecule has 0 saturated carbocycles. The van der Waals surface area contributed by atoms with Gasteiger partial charge in [0.25, 0.3) is 0 Å². The Hall–Kier alpha value is -1.96. The van der Waals surface area contributed by atoms with Crippen molar-refractivity contribution in [3.05, 3.63) is 49.8 Å². The topological polar surface area (TPSA) is 74.7 Å². The first-order chi connectivity index (χ1) is 11.6. The van der Waals surface area contributed by atoms with Crippen LogP contribution in [0.15, 0.2) is 23.3 Å². The van der Waals surface area contributed by atoms with Crippen LogP contribution in [-0.4, -0.2) is 31.3 Å². The van der Waals surface area contributed by atoms with Gasteiger partial charge in [-0.3, -0.25) is 5.10 Å². The van der Waals surface area contributed by atoms with Crippen molar-refractivity contribution in [2.75, 3.05) is 0 Å². The number of aromatic amines is 2. The molecule has 24 heavy (non-hydrogen) atoms. The molecule has 122 valence electrons. The molecule has 2 aromatic heterocycles. The average Bonchev–Trinajstić information content (AvgIpc) is 3.23. The van der Waals surface area contributed by atoms with E-state index in [9.17, 15) is 0 Å². The van der Waals surface area contributed by atoms with Crippen LogP contribution in [-0.2, 0) is 12.8 Å². The van der Waals surface area contributed by atoms with E-state index in [2.05, 4.69) is 25.5 Å². The summed E-state index contributed by atoms with van der Waals surface area (Å²) in [5.41, 5.74) is 3.87. The zero-order valence-corrected chi connectivity index (χ0v) is 14.7. The van der Waals surface area contributed by atoms with Crippen LogP contribution in [0.4, 0.5) is 0 Å². The number of nitrogens with zero attached hydrogens (tertiary/aromatic N) is 4. The van der Waals surface area contributed by atoms with E-state index in [4.69, 9.17) is 35.4 Å². The number of hydrogen-bond donors (Lipinski definition) is 2. The van der Waals surface area contributed by atoms with Crippen LogP contribution in [0.2, 0.25) is 10.0 Å². The van der Waals surface area contributed by atoms with Gasteiger partial charge in [0, 0.05) is 21.8 Å². The second kappa shape index (κ2) is 6.16. The number of hydrogen-bond acceptors (Lipinski definition) is 4. The van der Waals surface area contributed by atoms with Crippen molar-refractivity contribution >= 4 is 41.6 Å². The SMILES string of the molecule is S=c1[nH]nc(-c2n[nH]c3c2CCC3)n1N=Cc1ccc(Cl)cc1Cl. The summed E-state index contributed by atoms with van der Waals surface area (Å²) in [6, 6.07) is 5.22. The standard InChI is InChI=1S/C15H12Cl2N6S/c16-9-5-4-8(11(17)6-9)7-18-23-14(21-22-15(23)24)13-10-2-1-3-12(10)19-20-13/h4-7H,1-3H2,(H,19,20)(H,22,24). The molecule has 0 bridgehead atoms. The molecule has 2 N–H and O–H groups in total. The molecule has 0 radical (unpaired) electrons. The van der Waals surface area contributed by atoms with Gasteiger partial charge in [-0.2, -0.15) is 20.0 Å². The minimum atomic E-state index is 0.390. The first-order valence-electron chi connectivity index (χ1n) is 7.37. The molecule has 0 atom stereocenters. The summed E-state index contributed by atoms with van der Waals surface area (Å²) in [7, 11) is 0. The Labute approximate surface area is 152 Å². The Morgan fingerprint density at radius 3 is 2.92 bits per heavy atom. The van der Waals surface area contributed by atoms with Crippen LogP contribution in [0.5, 0.6) is 0 Å². The largest absolute Gasteiger partial charge is 0.282 e. The molecular weight excluding hydrogens is 367 g/mol. The molecule has 1 aliphatic rings. The average molecular weight is 379 g/mol. The van der Waals surface area contributed by atoms with Crippen molar-refractivity contribution in [2.24, 2.45) is 5.10 Å². The Morgan fingerprint density at radius 1 is 1.21 bits per heavy atom. The summed E-state index contributed by atoms with van der Waals surface area (Å²) in [5.74, 6) is 0.584. The second-order valence-corrected chi connectivity index (χ2v) is 6.69. The lowest BCUT2D eigenvalue weighted by atomic mass is 10.2. The number of rotatable bonds is 3. The second-order valence-electron chi connectivity index (χ2n) is 5.46. The van der Waals surface area contributed by atoms with Gasteiger partial charge in [-0.15, -0.1) is 0 Å². The predicted molar refractivity (Wildman–Crippen MR) is 96.5 cm³/mol. The van der Waals surface area contributed by atoms with Crippen LogP contribution >= 0.6 is 35.4 Å². The molecule has 0 unspecified atom stereocenters. The highest BCUT2D eigenvalue weighted by molar-refractivity contribution is 7.71. The molecule has 3 aromatic rings. The fraction of sp³-hybridized carbons (Fsp3) is 0.200. The molecule has 0 fully saturated rings. The lowest BCUT2D eigenvalue weighted by Crippen LogP contribution is -1.97. The summed E-state index contributed by atoms with van der Waals surface area (Å²) < 4.78 is 1.94. The van der Waals surface area contributed by atoms with Crippen LogP contribution in [0.3, 0.4) is 0 Å². The highest BCUT2D eigenvalue weighted by Crippen LogP contribution is 2.29. The summed E-state index contributed by atoms with van der Waals surface area (Å²) >= 11 is 17.4. The minimum Gasteiger partial charge on any atom is -0.282 e. The van der Waals surface area contributed by atoms with E-state index in [1.807, 2.05) is 0 Å². The van der Waals surface area contributed by atoms with E-state index in [-0.39, 0.29) is 0 Å². The fourth-order valence-corrected chi connectivity index (χ4v) is 3.42. The number of nitrogens with one attached hydrogen (secondary N) is 2. The van der Waals surface area contributed by atoms with E-state index in [0.717, 1.165) is 36.2 Å². The number of aromatic nitrogens is 5. The van der Waals surface area contributed by atoms with Gasteiger partial charge in [0.2, 0.25) is 10.6 Å². The fourth-order valence-electron chi connectivity index (χ4n) is 2.78. The number of halogens is 2.